The van der Waals surface area contributed by atoms with Gasteiger partial charge in [-0.15, -0.1) is 0 Å². The first-order valence-electron chi connectivity index (χ1n) is 4.22. The summed E-state index contributed by atoms with van der Waals surface area (Å²) < 4.78 is 10.9. The van der Waals surface area contributed by atoms with Crippen molar-refractivity contribution in [2.24, 2.45) is 0 Å². The lowest BCUT2D eigenvalue weighted by atomic mass is 10.4. The lowest BCUT2D eigenvalue weighted by molar-refractivity contribution is 0.683. The second-order valence-corrected chi connectivity index (χ2v) is 4.59. The van der Waals surface area contributed by atoms with Gasteiger partial charge in [0.1, 0.15) is 18.0 Å². The molecule has 78 valence electrons. The molecule has 0 aliphatic rings. The van der Waals surface area contributed by atoms with Crippen molar-refractivity contribution in [1.82, 2.24) is 9.97 Å². The van der Waals surface area contributed by atoms with Crippen LogP contribution in [0.4, 0.5) is 11.6 Å². The highest BCUT2D eigenvalue weighted by molar-refractivity contribution is 7.84. The number of nitrogens with one attached hydrogen (secondary N) is 1. The number of nitrogens with two attached hydrogens (primary N) is 1. The van der Waals surface area contributed by atoms with Crippen LogP contribution in [-0.4, -0.2) is 32.2 Å². The van der Waals surface area contributed by atoms with Crippen LogP contribution in [0.5, 0.6) is 0 Å². The molecule has 1 rings (SSSR count). The Morgan fingerprint density at radius 3 is 2.93 bits per heavy atom. The minimum Gasteiger partial charge on any atom is -0.384 e. The van der Waals surface area contributed by atoms with Crippen molar-refractivity contribution < 1.29 is 4.21 Å². The Kier molecular flexibility index (Phi) is 3.82. The molecule has 0 fully saturated rings. The van der Waals surface area contributed by atoms with Crippen LogP contribution in [0, 0.1) is 0 Å². The summed E-state index contributed by atoms with van der Waals surface area (Å²) in [6, 6.07) is 1.75. The Labute approximate surface area is 85.6 Å². The van der Waals surface area contributed by atoms with E-state index in [2.05, 4.69) is 15.3 Å². The highest BCUT2D eigenvalue weighted by Crippen LogP contribution is 2.06. The average molecular weight is 214 g/mol. The molecule has 0 aliphatic carbocycles. The molecule has 6 heteroatoms. The summed E-state index contributed by atoms with van der Waals surface area (Å²) in [5.41, 5.74) is 5.48. The van der Waals surface area contributed by atoms with Crippen molar-refractivity contribution in [3.63, 3.8) is 0 Å². The van der Waals surface area contributed by atoms with E-state index in [0.717, 1.165) is 0 Å². The minimum atomic E-state index is -0.812. The lowest BCUT2D eigenvalue weighted by Gasteiger charge is -2.12. The SMILES string of the molecule is CC(CS(C)=O)Nc1cc(N)ncn1. The van der Waals surface area contributed by atoms with Crippen LogP contribution < -0.4 is 11.1 Å². The zero-order chi connectivity index (χ0) is 10.6. The maximum atomic E-state index is 10.9. The molecule has 0 amide bonds. The molecular weight excluding hydrogens is 200 g/mol. The zero-order valence-corrected chi connectivity index (χ0v) is 9.04. The van der Waals surface area contributed by atoms with Gasteiger partial charge in [-0.1, -0.05) is 0 Å². The summed E-state index contributed by atoms with van der Waals surface area (Å²) >= 11 is 0. The normalized spacial score (nSPS) is 14.7. The fraction of sp³-hybridized carbons (Fsp3) is 0.500. The van der Waals surface area contributed by atoms with E-state index in [9.17, 15) is 4.21 Å². The van der Waals surface area contributed by atoms with E-state index in [1.807, 2.05) is 6.92 Å². The van der Waals surface area contributed by atoms with Gasteiger partial charge in [-0.3, -0.25) is 4.21 Å². The van der Waals surface area contributed by atoms with Gasteiger partial charge in [-0.25, -0.2) is 9.97 Å². The first-order valence-corrected chi connectivity index (χ1v) is 5.94. The van der Waals surface area contributed by atoms with Crippen LogP contribution in [0.1, 0.15) is 6.92 Å². The molecule has 1 aromatic rings. The van der Waals surface area contributed by atoms with E-state index < -0.39 is 10.8 Å². The topological polar surface area (TPSA) is 80.9 Å². The van der Waals surface area contributed by atoms with Crippen molar-refractivity contribution in [1.29, 1.82) is 0 Å². The quantitative estimate of drug-likeness (QED) is 0.750. The molecule has 0 saturated heterocycles. The van der Waals surface area contributed by atoms with Crippen molar-refractivity contribution in [3.05, 3.63) is 12.4 Å². The first kappa shape index (κ1) is 10.9. The number of anilines is 2. The Balaban J connectivity index is 2.55. The van der Waals surface area contributed by atoms with E-state index >= 15 is 0 Å². The number of hydrogen-bond donors (Lipinski definition) is 2. The van der Waals surface area contributed by atoms with Crippen molar-refractivity contribution >= 4 is 22.4 Å². The van der Waals surface area contributed by atoms with Gasteiger partial charge in [0.15, 0.2) is 0 Å². The lowest BCUT2D eigenvalue weighted by Crippen LogP contribution is -2.22. The fourth-order valence-corrected chi connectivity index (χ4v) is 1.88. The fourth-order valence-electron chi connectivity index (χ4n) is 1.10. The maximum absolute atomic E-state index is 10.9. The number of hydrogen-bond acceptors (Lipinski definition) is 5. The number of rotatable bonds is 4. The highest BCUT2D eigenvalue weighted by atomic mass is 32.2. The molecule has 14 heavy (non-hydrogen) atoms. The van der Waals surface area contributed by atoms with E-state index in [1.54, 1.807) is 12.3 Å². The molecule has 0 aromatic carbocycles. The van der Waals surface area contributed by atoms with E-state index in [-0.39, 0.29) is 6.04 Å². The standard InChI is InChI=1S/C8H14N4OS/c1-6(4-14(2)13)12-8-3-7(9)10-5-11-8/h3,5-6H,4H2,1-2H3,(H3,9,10,11,12). The van der Waals surface area contributed by atoms with E-state index in [1.165, 1.54) is 6.33 Å². The number of nitrogens with zero attached hydrogens (tertiary/aromatic N) is 2. The predicted molar refractivity (Wildman–Crippen MR) is 58.5 cm³/mol. The predicted octanol–water partition coefficient (Wildman–Crippen LogP) is 0.238. The van der Waals surface area contributed by atoms with Crippen LogP contribution in [-0.2, 0) is 10.8 Å². The van der Waals surface area contributed by atoms with Crippen LogP contribution in [0.15, 0.2) is 12.4 Å². The van der Waals surface area contributed by atoms with Crippen LogP contribution in [0.25, 0.3) is 0 Å². The second-order valence-electron chi connectivity index (χ2n) is 3.11. The van der Waals surface area contributed by atoms with Gasteiger partial charge in [-0.05, 0) is 6.92 Å². The Bertz CT molecular complexity index is 331. The second kappa shape index (κ2) is 4.90. The van der Waals surface area contributed by atoms with Crippen LogP contribution in [0.2, 0.25) is 0 Å². The average Bonchev–Trinajstić information content (AvgIpc) is 2.01. The van der Waals surface area contributed by atoms with E-state index in [4.69, 9.17) is 5.73 Å². The van der Waals surface area contributed by atoms with Crippen LogP contribution in [0.3, 0.4) is 0 Å². The van der Waals surface area contributed by atoms with Gasteiger partial charge in [0, 0.05) is 34.9 Å². The smallest absolute Gasteiger partial charge is 0.131 e. The molecule has 0 spiro atoms. The van der Waals surface area contributed by atoms with E-state index in [0.29, 0.717) is 17.4 Å². The third-order valence-corrected chi connectivity index (χ3v) is 2.54. The molecule has 5 nitrogen and oxygen atoms in total. The molecular formula is C8H14N4OS. The number of aromatic nitrogens is 2. The van der Waals surface area contributed by atoms with Crippen molar-refractivity contribution in [2.45, 2.75) is 13.0 Å². The summed E-state index contributed by atoms with van der Waals surface area (Å²) in [6.45, 7) is 1.94. The van der Waals surface area contributed by atoms with Crippen molar-refractivity contribution in [2.75, 3.05) is 23.1 Å². The molecule has 2 atom stereocenters. The largest absolute Gasteiger partial charge is 0.384 e. The highest BCUT2D eigenvalue weighted by Gasteiger charge is 2.04. The summed E-state index contributed by atoms with van der Waals surface area (Å²) in [5, 5.41) is 3.09. The van der Waals surface area contributed by atoms with Gasteiger partial charge in [0.2, 0.25) is 0 Å². The molecule has 0 saturated carbocycles. The van der Waals surface area contributed by atoms with Gasteiger partial charge >= 0.3 is 0 Å². The van der Waals surface area contributed by atoms with Crippen molar-refractivity contribution in [3.8, 4) is 0 Å². The summed E-state index contributed by atoms with van der Waals surface area (Å²) in [7, 11) is -0.812. The molecule has 2 unspecified atom stereocenters. The molecule has 0 bridgehead atoms. The third-order valence-electron chi connectivity index (χ3n) is 1.57. The summed E-state index contributed by atoms with van der Waals surface area (Å²) in [4.78, 5) is 7.76. The molecule has 0 aliphatic heterocycles. The summed E-state index contributed by atoms with van der Waals surface area (Å²) in [6.07, 6.45) is 3.07. The Morgan fingerprint density at radius 1 is 1.64 bits per heavy atom. The Hall–Kier alpha value is -1.17. The van der Waals surface area contributed by atoms with Gasteiger partial charge in [0.05, 0.1) is 0 Å². The first-order chi connectivity index (χ1) is 6.58. The third kappa shape index (κ3) is 3.69. The monoisotopic (exact) mass is 214 g/mol. The Morgan fingerprint density at radius 2 is 2.36 bits per heavy atom. The number of nitrogen functional groups attached to an aromatic ring is 1. The molecule has 1 aromatic heterocycles. The molecule has 0 radical (unpaired) electrons. The minimum absolute atomic E-state index is 0.107. The molecule has 3 N–H and O–H groups in total. The van der Waals surface area contributed by atoms with Gasteiger partial charge < -0.3 is 11.1 Å². The van der Waals surface area contributed by atoms with Crippen LogP contribution >= 0.6 is 0 Å². The van der Waals surface area contributed by atoms with Gasteiger partial charge in [0.25, 0.3) is 0 Å². The summed E-state index contributed by atoms with van der Waals surface area (Å²) in [5.74, 6) is 1.67. The van der Waals surface area contributed by atoms with Gasteiger partial charge in [-0.2, -0.15) is 0 Å². The zero-order valence-electron chi connectivity index (χ0n) is 8.23. The maximum Gasteiger partial charge on any atom is 0.131 e. The molecule has 1 heterocycles.